The number of hydrogen-bond acceptors (Lipinski definition) is 1. The largest absolute Gasteiger partial charge is 0.358 e. The molecule has 2 aromatic rings. The fourth-order valence-electron chi connectivity index (χ4n) is 3.01. The van der Waals surface area contributed by atoms with E-state index in [9.17, 15) is 4.79 Å². The van der Waals surface area contributed by atoms with Gasteiger partial charge in [0.15, 0.2) is 0 Å². The predicted molar refractivity (Wildman–Crippen MR) is 77.2 cm³/mol. The van der Waals surface area contributed by atoms with Crippen LogP contribution in [-0.2, 0) is 10.2 Å². The molecule has 2 N–H and O–H groups in total. The third-order valence-electron chi connectivity index (χ3n) is 3.98. The van der Waals surface area contributed by atoms with Crippen molar-refractivity contribution >= 4 is 16.8 Å². The van der Waals surface area contributed by atoms with E-state index < -0.39 is 0 Å². The Morgan fingerprint density at radius 2 is 2.00 bits per heavy atom. The summed E-state index contributed by atoms with van der Waals surface area (Å²) >= 11 is 0. The maximum Gasteiger partial charge on any atom is 0.230 e. The highest BCUT2D eigenvalue weighted by Gasteiger charge is 2.53. The molecule has 3 rings (SSSR count). The van der Waals surface area contributed by atoms with Crippen molar-refractivity contribution in [2.24, 2.45) is 0 Å². The van der Waals surface area contributed by atoms with Gasteiger partial charge in [0.25, 0.3) is 0 Å². The molecule has 1 saturated carbocycles. The van der Waals surface area contributed by atoms with E-state index in [4.69, 9.17) is 0 Å². The van der Waals surface area contributed by atoms with Crippen molar-refractivity contribution in [2.45, 2.75) is 45.1 Å². The fourth-order valence-corrected chi connectivity index (χ4v) is 3.01. The van der Waals surface area contributed by atoms with Crippen LogP contribution in [-0.4, -0.2) is 16.9 Å². The number of carbonyl (C=O) groups excluding carboxylic acids is 1. The normalized spacial score (nSPS) is 16.8. The van der Waals surface area contributed by atoms with Crippen LogP contribution < -0.4 is 5.32 Å². The number of benzene rings is 1. The lowest BCUT2D eigenvalue weighted by Crippen LogP contribution is -2.39. The van der Waals surface area contributed by atoms with Gasteiger partial charge in [0, 0.05) is 22.6 Å². The maximum atomic E-state index is 12.5. The molecule has 1 aromatic heterocycles. The summed E-state index contributed by atoms with van der Waals surface area (Å²) in [6.45, 7) is 6.09. The van der Waals surface area contributed by atoms with Crippen LogP contribution in [0.3, 0.4) is 0 Å². The fraction of sp³-hybridized carbons (Fsp3) is 0.438. The third-order valence-corrected chi connectivity index (χ3v) is 3.98. The van der Waals surface area contributed by atoms with Gasteiger partial charge in [-0.2, -0.15) is 0 Å². The Kier molecular flexibility index (Phi) is 2.66. The minimum Gasteiger partial charge on any atom is -0.358 e. The molecule has 0 aliphatic heterocycles. The predicted octanol–water partition coefficient (Wildman–Crippen LogP) is 3.03. The van der Waals surface area contributed by atoms with Gasteiger partial charge in [0.05, 0.1) is 5.41 Å². The number of fused-ring (bicyclic) bond motifs is 1. The number of aromatic amines is 1. The van der Waals surface area contributed by atoms with Crippen LogP contribution in [0.5, 0.6) is 0 Å². The first-order chi connectivity index (χ1) is 9.04. The molecule has 100 valence electrons. The van der Waals surface area contributed by atoms with Crippen LogP contribution in [0.15, 0.2) is 24.3 Å². The monoisotopic (exact) mass is 256 g/mol. The Morgan fingerprint density at radius 1 is 1.32 bits per heavy atom. The summed E-state index contributed by atoms with van der Waals surface area (Å²) in [5, 5.41) is 4.26. The SMILES string of the molecule is Cc1[nH]c2ccccc2c1C1(C(=O)NC(C)C)CC1. The third kappa shape index (κ3) is 1.84. The molecule has 1 aromatic carbocycles. The van der Waals surface area contributed by atoms with Crippen LogP contribution in [0.1, 0.15) is 37.9 Å². The van der Waals surface area contributed by atoms with Crippen LogP contribution >= 0.6 is 0 Å². The molecular formula is C16H20N2O. The van der Waals surface area contributed by atoms with Crippen molar-refractivity contribution in [1.82, 2.24) is 10.3 Å². The van der Waals surface area contributed by atoms with E-state index in [0.29, 0.717) is 0 Å². The first-order valence-electron chi connectivity index (χ1n) is 6.93. The average Bonchev–Trinajstić information content (AvgIpc) is 3.06. The van der Waals surface area contributed by atoms with Gasteiger partial charge >= 0.3 is 0 Å². The Balaban J connectivity index is 2.09. The summed E-state index contributed by atoms with van der Waals surface area (Å²) in [6, 6.07) is 8.43. The van der Waals surface area contributed by atoms with Crippen LogP contribution in [0, 0.1) is 6.92 Å². The topological polar surface area (TPSA) is 44.9 Å². The summed E-state index contributed by atoms with van der Waals surface area (Å²) in [6.07, 6.45) is 1.91. The number of H-pyrrole nitrogens is 1. The lowest BCUT2D eigenvalue weighted by molar-refractivity contribution is -0.124. The van der Waals surface area contributed by atoms with Gasteiger partial charge < -0.3 is 10.3 Å². The number of carbonyl (C=O) groups is 1. The molecule has 3 heteroatoms. The number of hydrogen-bond donors (Lipinski definition) is 2. The standard InChI is InChI=1S/C16H20N2O/c1-10(2)17-15(19)16(8-9-16)14-11(3)18-13-7-5-4-6-12(13)14/h4-7,10,18H,8-9H2,1-3H3,(H,17,19). The van der Waals surface area contributed by atoms with Crippen molar-refractivity contribution in [2.75, 3.05) is 0 Å². The molecule has 3 nitrogen and oxygen atoms in total. The second-order valence-corrected chi connectivity index (χ2v) is 5.88. The average molecular weight is 256 g/mol. The lowest BCUT2D eigenvalue weighted by Gasteiger charge is -2.18. The highest BCUT2D eigenvalue weighted by atomic mass is 16.2. The molecule has 1 aliphatic carbocycles. The molecule has 0 bridgehead atoms. The van der Waals surface area contributed by atoms with Crippen molar-refractivity contribution in [3.63, 3.8) is 0 Å². The van der Waals surface area contributed by atoms with Crippen LogP contribution in [0.2, 0.25) is 0 Å². The summed E-state index contributed by atoms with van der Waals surface area (Å²) in [4.78, 5) is 15.9. The molecule has 0 unspecified atom stereocenters. The second-order valence-electron chi connectivity index (χ2n) is 5.88. The van der Waals surface area contributed by atoms with E-state index in [1.807, 2.05) is 26.0 Å². The van der Waals surface area contributed by atoms with Crippen LogP contribution in [0.4, 0.5) is 0 Å². The van der Waals surface area contributed by atoms with Crippen LogP contribution in [0.25, 0.3) is 10.9 Å². The molecule has 0 saturated heterocycles. The number of para-hydroxylation sites is 1. The van der Waals surface area contributed by atoms with Gasteiger partial charge in [0.2, 0.25) is 5.91 Å². The Hall–Kier alpha value is -1.77. The van der Waals surface area contributed by atoms with Gasteiger partial charge in [-0.1, -0.05) is 18.2 Å². The van der Waals surface area contributed by atoms with Crippen molar-refractivity contribution in [3.8, 4) is 0 Å². The minimum atomic E-state index is -0.298. The number of nitrogens with one attached hydrogen (secondary N) is 2. The Bertz CT molecular complexity index is 635. The molecule has 0 radical (unpaired) electrons. The summed E-state index contributed by atoms with van der Waals surface area (Å²) in [5.74, 6) is 0.176. The quantitative estimate of drug-likeness (QED) is 0.871. The van der Waals surface area contributed by atoms with Gasteiger partial charge in [-0.3, -0.25) is 4.79 Å². The molecule has 0 spiro atoms. The van der Waals surface area contributed by atoms with E-state index in [2.05, 4.69) is 29.4 Å². The molecule has 1 heterocycles. The van der Waals surface area contributed by atoms with E-state index in [-0.39, 0.29) is 17.4 Å². The van der Waals surface area contributed by atoms with E-state index >= 15 is 0 Å². The lowest BCUT2D eigenvalue weighted by atomic mass is 9.92. The van der Waals surface area contributed by atoms with Gasteiger partial charge in [-0.15, -0.1) is 0 Å². The Morgan fingerprint density at radius 3 is 2.63 bits per heavy atom. The highest BCUT2D eigenvalue weighted by Crippen LogP contribution is 2.52. The second kappa shape index (κ2) is 4.12. The number of aromatic nitrogens is 1. The molecule has 19 heavy (non-hydrogen) atoms. The zero-order valence-corrected chi connectivity index (χ0v) is 11.7. The highest BCUT2D eigenvalue weighted by molar-refractivity contribution is 5.98. The van der Waals surface area contributed by atoms with E-state index in [1.54, 1.807) is 0 Å². The van der Waals surface area contributed by atoms with Gasteiger partial charge in [-0.25, -0.2) is 0 Å². The summed E-state index contributed by atoms with van der Waals surface area (Å²) in [7, 11) is 0. The summed E-state index contributed by atoms with van der Waals surface area (Å²) in [5.41, 5.74) is 3.14. The van der Waals surface area contributed by atoms with E-state index in [1.165, 1.54) is 10.9 Å². The molecule has 0 atom stereocenters. The molecule has 1 amide bonds. The van der Waals surface area contributed by atoms with Crippen molar-refractivity contribution in [1.29, 1.82) is 0 Å². The minimum absolute atomic E-state index is 0.176. The van der Waals surface area contributed by atoms with Gasteiger partial charge in [0.1, 0.15) is 0 Å². The number of rotatable bonds is 3. The molecule has 1 aliphatic rings. The zero-order valence-electron chi connectivity index (χ0n) is 11.7. The molecular weight excluding hydrogens is 236 g/mol. The van der Waals surface area contributed by atoms with Crippen molar-refractivity contribution < 1.29 is 4.79 Å². The molecule has 1 fully saturated rings. The number of amides is 1. The zero-order chi connectivity index (χ0) is 13.6. The van der Waals surface area contributed by atoms with E-state index in [0.717, 1.165) is 24.1 Å². The number of aryl methyl sites for hydroxylation is 1. The summed E-state index contributed by atoms with van der Waals surface area (Å²) < 4.78 is 0. The first kappa shape index (κ1) is 12.3. The van der Waals surface area contributed by atoms with Crippen molar-refractivity contribution in [3.05, 3.63) is 35.5 Å². The first-order valence-corrected chi connectivity index (χ1v) is 6.93. The van der Waals surface area contributed by atoms with Gasteiger partial charge in [-0.05, 0) is 45.2 Å². The Labute approximate surface area is 113 Å². The maximum absolute atomic E-state index is 12.5. The smallest absolute Gasteiger partial charge is 0.230 e.